The summed E-state index contributed by atoms with van der Waals surface area (Å²) in [7, 11) is 2.07. The van der Waals surface area contributed by atoms with Crippen LogP contribution in [0.2, 0.25) is 0 Å². The fourth-order valence-electron chi connectivity index (χ4n) is 2.44. The van der Waals surface area contributed by atoms with Crippen LogP contribution in [0.4, 0.5) is 0 Å². The normalized spacial score (nSPS) is 16.6. The summed E-state index contributed by atoms with van der Waals surface area (Å²) in [4.78, 5) is 13.7. The monoisotopic (exact) mass is 237 g/mol. The van der Waals surface area contributed by atoms with Gasteiger partial charge < -0.3 is 4.42 Å². The molecule has 1 saturated carbocycles. The number of nitrogens with zero attached hydrogens (tertiary/aromatic N) is 1. The number of nitrogens with one attached hydrogen (secondary N) is 1. The van der Waals surface area contributed by atoms with E-state index in [1.165, 1.54) is 31.9 Å². The minimum absolute atomic E-state index is 0.298. The molecule has 0 aromatic carbocycles. The van der Waals surface area contributed by atoms with Crippen molar-refractivity contribution in [2.75, 3.05) is 7.05 Å². The third-order valence-corrected chi connectivity index (χ3v) is 3.46. The Labute approximate surface area is 101 Å². The summed E-state index contributed by atoms with van der Waals surface area (Å²) in [6.07, 6.45) is 6.58. The second-order valence-corrected chi connectivity index (χ2v) is 4.58. The molecule has 0 spiro atoms. The number of hydrogen-bond acceptors (Lipinski definition) is 4. The Kier molecular flexibility index (Phi) is 3.81. The van der Waals surface area contributed by atoms with Crippen LogP contribution >= 0.6 is 0 Å². The fraction of sp³-hybridized carbons (Fsp3) is 0.583. The van der Waals surface area contributed by atoms with Crippen molar-refractivity contribution in [1.29, 1.82) is 0 Å². The first-order valence-corrected chi connectivity index (χ1v) is 6.00. The number of furan rings is 1. The largest absolute Gasteiger partial charge is 0.467 e. The van der Waals surface area contributed by atoms with Crippen molar-refractivity contribution in [3.05, 3.63) is 23.7 Å². The molecule has 2 rings (SSSR count). The van der Waals surface area contributed by atoms with Gasteiger partial charge in [-0.1, -0.05) is 12.8 Å². The molecule has 0 radical (unpaired) electrons. The van der Waals surface area contributed by atoms with Crippen LogP contribution in [0.1, 0.15) is 41.8 Å². The number of nitrogens with two attached hydrogens (primary N) is 1. The number of carbonyl (C=O) groups is 1. The van der Waals surface area contributed by atoms with Crippen molar-refractivity contribution in [3.8, 4) is 0 Å². The summed E-state index contributed by atoms with van der Waals surface area (Å²) < 4.78 is 5.36. The molecule has 94 valence electrons. The molecule has 3 N–H and O–H groups in total. The van der Waals surface area contributed by atoms with Crippen molar-refractivity contribution >= 4 is 5.91 Å². The highest BCUT2D eigenvalue weighted by atomic mass is 16.3. The summed E-state index contributed by atoms with van der Waals surface area (Å²) in [5, 5.41) is 0. The van der Waals surface area contributed by atoms with Gasteiger partial charge in [0.1, 0.15) is 5.76 Å². The lowest BCUT2D eigenvalue weighted by atomic mass is 10.2. The van der Waals surface area contributed by atoms with E-state index in [-0.39, 0.29) is 5.91 Å². The van der Waals surface area contributed by atoms with Gasteiger partial charge in [-0.05, 0) is 26.0 Å². The van der Waals surface area contributed by atoms with Crippen LogP contribution in [-0.2, 0) is 6.54 Å². The van der Waals surface area contributed by atoms with Crippen molar-refractivity contribution in [2.24, 2.45) is 5.84 Å². The molecule has 1 aromatic heterocycles. The maximum atomic E-state index is 11.5. The van der Waals surface area contributed by atoms with Gasteiger partial charge in [0.05, 0.1) is 18.4 Å². The summed E-state index contributed by atoms with van der Waals surface area (Å²) in [6, 6.07) is 2.26. The van der Waals surface area contributed by atoms with Gasteiger partial charge in [0.25, 0.3) is 5.91 Å². The lowest BCUT2D eigenvalue weighted by Crippen LogP contribution is -2.32. The van der Waals surface area contributed by atoms with Crippen LogP contribution in [0, 0.1) is 0 Å². The average Bonchev–Trinajstić information content (AvgIpc) is 2.98. The minimum Gasteiger partial charge on any atom is -0.467 e. The Morgan fingerprint density at radius 1 is 1.59 bits per heavy atom. The zero-order valence-corrected chi connectivity index (χ0v) is 10.1. The summed E-state index contributed by atoms with van der Waals surface area (Å²) in [5.74, 6) is 5.52. The molecule has 17 heavy (non-hydrogen) atoms. The van der Waals surface area contributed by atoms with Gasteiger partial charge in [0.15, 0.2) is 0 Å². The zero-order valence-electron chi connectivity index (χ0n) is 10.1. The van der Waals surface area contributed by atoms with Crippen LogP contribution in [0.3, 0.4) is 0 Å². The first-order chi connectivity index (χ1) is 8.22. The Bertz CT molecular complexity index is 383. The van der Waals surface area contributed by atoms with E-state index < -0.39 is 0 Å². The number of nitrogen functional groups attached to an aromatic ring is 1. The van der Waals surface area contributed by atoms with Crippen LogP contribution in [0.15, 0.2) is 16.7 Å². The van der Waals surface area contributed by atoms with E-state index in [4.69, 9.17) is 10.3 Å². The molecular formula is C12H19N3O2. The minimum atomic E-state index is -0.298. The first-order valence-electron chi connectivity index (χ1n) is 6.00. The quantitative estimate of drug-likeness (QED) is 0.470. The molecule has 0 saturated heterocycles. The van der Waals surface area contributed by atoms with Gasteiger partial charge in [0.2, 0.25) is 0 Å². The first kappa shape index (κ1) is 12.1. The fourth-order valence-corrected chi connectivity index (χ4v) is 2.44. The van der Waals surface area contributed by atoms with Crippen molar-refractivity contribution in [2.45, 2.75) is 38.3 Å². The van der Waals surface area contributed by atoms with Crippen LogP contribution in [0.25, 0.3) is 0 Å². The summed E-state index contributed by atoms with van der Waals surface area (Å²) >= 11 is 0. The van der Waals surface area contributed by atoms with Crippen molar-refractivity contribution in [3.63, 3.8) is 0 Å². The van der Waals surface area contributed by atoms with Crippen LogP contribution < -0.4 is 11.3 Å². The van der Waals surface area contributed by atoms with Crippen molar-refractivity contribution in [1.82, 2.24) is 10.3 Å². The Hall–Kier alpha value is -1.33. The maximum absolute atomic E-state index is 11.5. The predicted molar refractivity (Wildman–Crippen MR) is 64.1 cm³/mol. The van der Waals surface area contributed by atoms with Gasteiger partial charge >= 0.3 is 0 Å². The third kappa shape index (κ3) is 2.68. The average molecular weight is 237 g/mol. The Balaban J connectivity index is 2.02. The number of hydrazine groups is 1. The topological polar surface area (TPSA) is 71.5 Å². The summed E-state index contributed by atoms with van der Waals surface area (Å²) in [6.45, 7) is 0.653. The molecule has 5 nitrogen and oxygen atoms in total. The van der Waals surface area contributed by atoms with Gasteiger partial charge in [0, 0.05) is 6.04 Å². The molecule has 1 aliphatic carbocycles. The van der Waals surface area contributed by atoms with Gasteiger partial charge in [-0.2, -0.15) is 0 Å². The zero-order chi connectivity index (χ0) is 12.3. The van der Waals surface area contributed by atoms with Gasteiger partial charge in [-0.3, -0.25) is 15.1 Å². The maximum Gasteiger partial charge on any atom is 0.268 e. The van der Waals surface area contributed by atoms with E-state index in [9.17, 15) is 4.79 Å². The summed E-state index contributed by atoms with van der Waals surface area (Å²) in [5.41, 5.74) is 2.66. The molecule has 0 bridgehead atoms. The standard InChI is InChI=1S/C12H19N3O2/c1-15(9-4-2-3-5-9)8-11-10(6-7-17-11)12(16)14-13/h6-7,9H,2-5,8,13H2,1H3,(H,14,16). The Morgan fingerprint density at radius 2 is 2.29 bits per heavy atom. The highest BCUT2D eigenvalue weighted by molar-refractivity contribution is 5.94. The molecular weight excluding hydrogens is 218 g/mol. The highest BCUT2D eigenvalue weighted by Crippen LogP contribution is 2.24. The van der Waals surface area contributed by atoms with E-state index in [2.05, 4.69) is 17.4 Å². The van der Waals surface area contributed by atoms with E-state index in [1.54, 1.807) is 6.07 Å². The molecule has 1 aliphatic rings. The van der Waals surface area contributed by atoms with E-state index >= 15 is 0 Å². The second-order valence-electron chi connectivity index (χ2n) is 4.58. The van der Waals surface area contributed by atoms with Crippen LogP contribution in [-0.4, -0.2) is 23.9 Å². The van der Waals surface area contributed by atoms with Gasteiger partial charge in [-0.15, -0.1) is 0 Å². The molecule has 1 aromatic rings. The molecule has 0 aliphatic heterocycles. The number of amides is 1. The SMILES string of the molecule is CN(Cc1occc1C(=O)NN)C1CCCC1. The molecule has 1 amide bonds. The lowest BCUT2D eigenvalue weighted by Gasteiger charge is -2.23. The Morgan fingerprint density at radius 3 is 2.94 bits per heavy atom. The van der Waals surface area contributed by atoms with E-state index in [0.29, 0.717) is 23.9 Å². The lowest BCUT2D eigenvalue weighted by molar-refractivity contribution is 0.0949. The molecule has 5 heteroatoms. The highest BCUT2D eigenvalue weighted by Gasteiger charge is 2.22. The molecule has 1 heterocycles. The third-order valence-electron chi connectivity index (χ3n) is 3.46. The smallest absolute Gasteiger partial charge is 0.268 e. The van der Waals surface area contributed by atoms with Crippen molar-refractivity contribution < 1.29 is 9.21 Å². The van der Waals surface area contributed by atoms with E-state index in [0.717, 1.165) is 0 Å². The molecule has 1 fully saturated rings. The second kappa shape index (κ2) is 5.33. The number of rotatable bonds is 4. The number of carbonyl (C=O) groups excluding carboxylic acids is 1. The molecule has 0 unspecified atom stereocenters. The molecule has 0 atom stereocenters. The van der Waals surface area contributed by atoms with E-state index in [1.807, 2.05) is 0 Å². The number of hydrogen-bond donors (Lipinski definition) is 2. The van der Waals surface area contributed by atoms with Crippen LogP contribution in [0.5, 0.6) is 0 Å². The van der Waals surface area contributed by atoms with Gasteiger partial charge in [-0.25, -0.2) is 5.84 Å². The predicted octanol–water partition coefficient (Wildman–Crippen LogP) is 1.26.